The van der Waals surface area contributed by atoms with Gasteiger partial charge in [-0.15, -0.1) is 0 Å². The van der Waals surface area contributed by atoms with Crippen molar-refractivity contribution in [3.8, 4) is 33.4 Å². The molecule has 0 amide bonds. The van der Waals surface area contributed by atoms with Gasteiger partial charge in [-0.2, -0.15) is 0 Å². The molecule has 0 heteroatoms. The van der Waals surface area contributed by atoms with Gasteiger partial charge in [-0.3, -0.25) is 0 Å². The van der Waals surface area contributed by atoms with Crippen molar-refractivity contribution in [2.45, 2.75) is 19.8 Å². The summed E-state index contributed by atoms with van der Waals surface area (Å²) < 4.78 is 0. The average Bonchev–Trinajstić information content (AvgIpc) is 3.13. The van der Waals surface area contributed by atoms with Gasteiger partial charge >= 0.3 is 0 Å². The Labute approximate surface area is 276 Å². The van der Waals surface area contributed by atoms with Gasteiger partial charge < -0.3 is 0 Å². The lowest BCUT2D eigenvalue weighted by molar-refractivity contribution is 0.978. The first-order valence-corrected chi connectivity index (χ1v) is 16.7. The molecule has 0 saturated heterocycles. The van der Waals surface area contributed by atoms with E-state index < -0.39 is 0 Å². The minimum absolute atomic E-state index is 1.08. The molecule has 0 heterocycles. The van der Waals surface area contributed by atoms with Crippen molar-refractivity contribution in [3.63, 3.8) is 0 Å². The Kier molecular flexibility index (Phi) is 6.61. The molecule has 222 valence electrons. The van der Waals surface area contributed by atoms with E-state index in [0.29, 0.717) is 0 Å². The molecule has 0 atom stereocenters. The van der Waals surface area contributed by atoms with Crippen LogP contribution >= 0.6 is 0 Å². The van der Waals surface area contributed by atoms with Crippen LogP contribution < -0.4 is 0 Å². The molecule has 47 heavy (non-hydrogen) atoms. The van der Waals surface area contributed by atoms with Gasteiger partial charge in [-0.1, -0.05) is 157 Å². The van der Waals surface area contributed by atoms with Gasteiger partial charge in [0.05, 0.1) is 0 Å². The molecule has 0 nitrogen and oxygen atoms in total. The molecule has 8 aromatic carbocycles. The first-order valence-electron chi connectivity index (χ1n) is 16.7. The lowest BCUT2D eigenvalue weighted by Gasteiger charge is -2.21. The number of rotatable bonds is 4. The van der Waals surface area contributed by atoms with E-state index in [1.54, 1.807) is 0 Å². The number of aryl methyl sites for hydroxylation is 2. The van der Waals surface area contributed by atoms with Crippen LogP contribution in [0.3, 0.4) is 0 Å². The molecule has 0 saturated carbocycles. The van der Waals surface area contributed by atoms with Gasteiger partial charge in [-0.25, -0.2) is 0 Å². The van der Waals surface area contributed by atoms with Crippen molar-refractivity contribution in [2.24, 2.45) is 0 Å². The zero-order valence-corrected chi connectivity index (χ0v) is 26.5. The van der Waals surface area contributed by atoms with Gasteiger partial charge in [0.1, 0.15) is 0 Å². The molecule has 0 aromatic heterocycles. The highest BCUT2D eigenvalue weighted by Gasteiger charge is 2.19. The monoisotopic (exact) mass is 598 g/mol. The summed E-state index contributed by atoms with van der Waals surface area (Å²) in [7, 11) is 0. The number of fused-ring (bicyclic) bond motifs is 4. The van der Waals surface area contributed by atoms with Crippen LogP contribution in [0, 0.1) is 6.92 Å². The summed E-state index contributed by atoms with van der Waals surface area (Å²) in [6.45, 7) is 2.21. The molecule has 0 unspecified atom stereocenters. The predicted molar refractivity (Wildman–Crippen MR) is 202 cm³/mol. The van der Waals surface area contributed by atoms with Gasteiger partial charge in [-0.05, 0) is 120 Å². The summed E-state index contributed by atoms with van der Waals surface area (Å²) in [5, 5.41) is 7.69. The van der Waals surface area contributed by atoms with Crippen LogP contribution in [0.1, 0.15) is 28.7 Å². The van der Waals surface area contributed by atoms with E-state index in [1.807, 2.05) is 0 Å². The van der Waals surface area contributed by atoms with E-state index in [2.05, 4.69) is 171 Å². The fraction of sp³-hybridized carbons (Fsp3) is 0.0638. The molecule has 0 spiro atoms. The van der Waals surface area contributed by atoms with Gasteiger partial charge in [0, 0.05) is 0 Å². The van der Waals surface area contributed by atoms with E-state index in [9.17, 15) is 0 Å². The molecule has 0 bridgehead atoms. The Morgan fingerprint density at radius 1 is 0.404 bits per heavy atom. The van der Waals surface area contributed by atoms with Crippen molar-refractivity contribution >= 4 is 37.9 Å². The van der Waals surface area contributed by atoms with Crippen LogP contribution in [0.15, 0.2) is 164 Å². The number of hydrogen-bond acceptors (Lipinski definition) is 0. The molecule has 0 radical (unpaired) electrons. The quantitative estimate of drug-likeness (QED) is 0.177. The van der Waals surface area contributed by atoms with Gasteiger partial charge in [0.15, 0.2) is 0 Å². The highest BCUT2D eigenvalue weighted by Crippen LogP contribution is 2.45. The average molecular weight is 599 g/mol. The maximum Gasteiger partial charge on any atom is -0.00261 e. The van der Waals surface area contributed by atoms with E-state index in [0.717, 1.165) is 12.8 Å². The normalized spacial score (nSPS) is 12.7. The number of benzene rings is 8. The lowest BCUT2D eigenvalue weighted by atomic mass is 9.83. The molecular formula is C47H34. The Morgan fingerprint density at radius 2 is 0.979 bits per heavy atom. The van der Waals surface area contributed by atoms with Crippen LogP contribution in [-0.2, 0) is 6.42 Å². The van der Waals surface area contributed by atoms with Crippen LogP contribution in [-0.4, -0.2) is 0 Å². The van der Waals surface area contributed by atoms with E-state index in [1.165, 1.54) is 93.5 Å². The fourth-order valence-corrected chi connectivity index (χ4v) is 7.83. The van der Waals surface area contributed by atoms with Crippen LogP contribution in [0.5, 0.6) is 0 Å². The van der Waals surface area contributed by atoms with Gasteiger partial charge in [0.25, 0.3) is 0 Å². The SMILES string of the molecule is Cc1ccc2c(-c3cccc(-c4cccc5ccccc45)c3)c3ccccc3c(-c3cccc(C4=CCCc5ccccc54)c3)c2c1. The van der Waals surface area contributed by atoms with Crippen molar-refractivity contribution in [1.29, 1.82) is 0 Å². The number of hydrogen-bond donors (Lipinski definition) is 0. The van der Waals surface area contributed by atoms with Gasteiger partial charge in [0.2, 0.25) is 0 Å². The first kappa shape index (κ1) is 27.6. The maximum atomic E-state index is 2.42. The minimum Gasteiger partial charge on any atom is -0.0757 e. The van der Waals surface area contributed by atoms with Crippen molar-refractivity contribution in [3.05, 3.63) is 186 Å². The molecule has 1 aliphatic rings. The lowest BCUT2D eigenvalue weighted by Crippen LogP contribution is -2.00. The molecule has 0 fully saturated rings. The third kappa shape index (κ3) is 4.68. The minimum atomic E-state index is 1.08. The van der Waals surface area contributed by atoms with Crippen molar-refractivity contribution in [1.82, 2.24) is 0 Å². The third-order valence-electron chi connectivity index (χ3n) is 9.96. The Hall–Kier alpha value is -5.72. The summed E-state index contributed by atoms with van der Waals surface area (Å²) >= 11 is 0. The zero-order chi connectivity index (χ0) is 31.3. The number of allylic oxidation sites excluding steroid dienone is 1. The standard InChI is InChI=1S/C47H34/c1-31-26-27-44-45(28-31)47(37-19-9-17-35(30-37)41-25-11-15-33-13-3-5-21-39(33)41)43-23-7-6-22-42(43)46(44)36-18-8-16-34(29-36)40-24-10-14-32-12-2-4-20-38(32)40/h2-10,12-14,16-30H,11,15H2,1H3. The Balaban J connectivity index is 1.28. The molecule has 0 N–H and O–H groups in total. The largest absolute Gasteiger partial charge is 0.0757 e. The highest BCUT2D eigenvalue weighted by molar-refractivity contribution is 6.21. The molecule has 0 aliphatic heterocycles. The smallest absolute Gasteiger partial charge is 0.00261 e. The van der Waals surface area contributed by atoms with Crippen molar-refractivity contribution in [2.75, 3.05) is 0 Å². The van der Waals surface area contributed by atoms with E-state index >= 15 is 0 Å². The first-order chi connectivity index (χ1) is 23.2. The Bertz CT molecular complexity index is 2520. The summed E-state index contributed by atoms with van der Waals surface area (Å²) in [6.07, 6.45) is 4.61. The summed E-state index contributed by atoms with van der Waals surface area (Å²) in [4.78, 5) is 0. The molecular weight excluding hydrogens is 565 g/mol. The maximum absolute atomic E-state index is 2.42. The second-order valence-corrected chi connectivity index (χ2v) is 12.8. The summed E-state index contributed by atoms with van der Waals surface area (Å²) in [5.74, 6) is 0. The highest BCUT2D eigenvalue weighted by atomic mass is 14.2. The fourth-order valence-electron chi connectivity index (χ4n) is 7.83. The Morgan fingerprint density at radius 3 is 1.81 bits per heavy atom. The second-order valence-electron chi connectivity index (χ2n) is 12.8. The molecule has 1 aliphatic carbocycles. The van der Waals surface area contributed by atoms with Crippen LogP contribution in [0.4, 0.5) is 0 Å². The van der Waals surface area contributed by atoms with Crippen LogP contribution in [0.25, 0.3) is 71.3 Å². The van der Waals surface area contributed by atoms with Crippen LogP contribution in [0.2, 0.25) is 0 Å². The van der Waals surface area contributed by atoms with E-state index in [-0.39, 0.29) is 0 Å². The summed E-state index contributed by atoms with van der Waals surface area (Å²) in [6, 6.07) is 58.5. The van der Waals surface area contributed by atoms with Crippen molar-refractivity contribution < 1.29 is 0 Å². The summed E-state index contributed by atoms with van der Waals surface area (Å²) in [5.41, 5.74) is 14.3. The predicted octanol–water partition coefficient (Wildman–Crippen LogP) is 12.8. The van der Waals surface area contributed by atoms with E-state index in [4.69, 9.17) is 0 Å². The molecule has 9 rings (SSSR count). The zero-order valence-electron chi connectivity index (χ0n) is 26.5. The molecule has 8 aromatic rings. The second kappa shape index (κ2) is 11.3. The topological polar surface area (TPSA) is 0 Å². The third-order valence-corrected chi connectivity index (χ3v) is 9.96.